The van der Waals surface area contributed by atoms with Crippen LogP contribution >= 0.6 is 0 Å². The second kappa shape index (κ2) is 5.28. The van der Waals surface area contributed by atoms with Gasteiger partial charge in [-0.1, -0.05) is 6.92 Å². The number of pyridine rings is 1. The maximum absolute atomic E-state index is 8.68. The zero-order valence-electron chi connectivity index (χ0n) is 7.70. The molecule has 0 aromatic carbocycles. The van der Waals surface area contributed by atoms with Crippen LogP contribution in [0.4, 0.5) is 0 Å². The van der Waals surface area contributed by atoms with Gasteiger partial charge in [0.15, 0.2) is 0 Å². The van der Waals surface area contributed by atoms with E-state index in [0.29, 0.717) is 0 Å². The van der Waals surface area contributed by atoms with Gasteiger partial charge in [0.1, 0.15) is 0 Å². The number of nitrogens with zero attached hydrogens (tertiary/aromatic N) is 2. The molecule has 0 spiro atoms. The molecule has 0 radical (unpaired) electrons. The molecular formula is C10H13N3. The fourth-order valence-corrected chi connectivity index (χ4v) is 1.02. The van der Waals surface area contributed by atoms with Gasteiger partial charge in [0.05, 0.1) is 12.1 Å². The third-order valence-electron chi connectivity index (χ3n) is 1.87. The monoisotopic (exact) mass is 175 g/mol. The van der Waals surface area contributed by atoms with Crippen molar-refractivity contribution in [3.8, 4) is 6.07 Å². The zero-order valence-corrected chi connectivity index (χ0v) is 7.70. The Labute approximate surface area is 78.4 Å². The van der Waals surface area contributed by atoms with Gasteiger partial charge in [-0.25, -0.2) is 0 Å². The van der Waals surface area contributed by atoms with Crippen molar-refractivity contribution in [1.29, 1.82) is 5.26 Å². The molecule has 13 heavy (non-hydrogen) atoms. The molecule has 1 aromatic heterocycles. The van der Waals surface area contributed by atoms with Gasteiger partial charge in [0, 0.05) is 18.9 Å². The molecule has 3 heteroatoms. The van der Waals surface area contributed by atoms with Gasteiger partial charge >= 0.3 is 0 Å². The number of aromatic nitrogens is 1. The Kier molecular flexibility index (Phi) is 3.94. The van der Waals surface area contributed by atoms with Crippen LogP contribution in [0.15, 0.2) is 24.5 Å². The summed E-state index contributed by atoms with van der Waals surface area (Å²) < 4.78 is 0. The second-order valence-corrected chi connectivity index (χ2v) is 2.83. The van der Waals surface area contributed by atoms with Crippen molar-refractivity contribution in [3.05, 3.63) is 30.1 Å². The fourth-order valence-electron chi connectivity index (χ4n) is 1.02. The molecule has 1 rings (SSSR count). The Morgan fingerprint density at radius 2 is 2.23 bits per heavy atom. The van der Waals surface area contributed by atoms with E-state index in [0.717, 1.165) is 18.5 Å². The molecule has 0 aliphatic rings. The lowest BCUT2D eigenvalue weighted by molar-refractivity contribution is 0.587. The lowest BCUT2D eigenvalue weighted by Gasteiger charge is -2.07. The Balaban J connectivity index is 2.40. The Bertz CT molecular complexity index is 276. The van der Waals surface area contributed by atoms with Crippen LogP contribution in [0.2, 0.25) is 0 Å². The van der Waals surface area contributed by atoms with Crippen molar-refractivity contribution in [3.63, 3.8) is 0 Å². The summed E-state index contributed by atoms with van der Waals surface area (Å²) in [4.78, 5) is 3.92. The topological polar surface area (TPSA) is 48.7 Å². The van der Waals surface area contributed by atoms with E-state index in [4.69, 9.17) is 5.26 Å². The highest BCUT2D eigenvalue weighted by atomic mass is 14.9. The number of rotatable bonds is 4. The van der Waals surface area contributed by atoms with E-state index in [2.05, 4.69) is 16.4 Å². The van der Waals surface area contributed by atoms with Crippen molar-refractivity contribution in [2.24, 2.45) is 0 Å². The van der Waals surface area contributed by atoms with E-state index in [1.807, 2.05) is 19.1 Å². The van der Waals surface area contributed by atoms with Crippen LogP contribution < -0.4 is 5.32 Å². The third kappa shape index (κ3) is 3.22. The first kappa shape index (κ1) is 9.69. The normalized spacial score (nSPS) is 12.0. The van der Waals surface area contributed by atoms with Crippen LogP contribution in [0.5, 0.6) is 0 Å². The highest BCUT2D eigenvalue weighted by Gasteiger charge is 2.01. The summed E-state index contributed by atoms with van der Waals surface area (Å²) in [5, 5.41) is 11.8. The van der Waals surface area contributed by atoms with E-state index < -0.39 is 0 Å². The second-order valence-electron chi connectivity index (χ2n) is 2.83. The van der Waals surface area contributed by atoms with Gasteiger partial charge in [-0.05, 0) is 24.1 Å². The van der Waals surface area contributed by atoms with Gasteiger partial charge in [0.2, 0.25) is 0 Å². The fraction of sp³-hybridized carbons (Fsp3) is 0.400. The molecule has 0 saturated heterocycles. The van der Waals surface area contributed by atoms with Gasteiger partial charge in [0.25, 0.3) is 0 Å². The SMILES string of the molecule is CCC(C#N)NCc1ccncc1. The third-order valence-corrected chi connectivity index (χ3v) is 1.87. The van der Waals surface area contributed by atoms with Crippen LogP contribution in [0.3, 0.4) is 0 Å². The van der Waals surface area contributed by atoms with Crippen LogP contribution in [-0.2, 0) is 6.54 Å². The summed E-state index contributed by atoms with van der Waals surface area (Å²) in [6.45, 7) is 2.72. The average molecular weight is 175 g/mol. The first-order valence-electron chi connectivity index (χ1n) is 4.38. The first-order valence-corrected chi connectivity index (χ1v) is 4.38. The molecule has 0 aliphatic carbocycles. The Morgan fingerprint density at radius 3 is 2.77 bits per heavy atom. The minimum absolute atomic E-state index is 0.0480. The summed E-state index contributed by atoms with van der Waals surface area (Å²) in [7, 11) is 0. The van der Waals surface area contributed by atoms with Crippen LogP contribution in [0.1, 0.15) is 18.9 Å². The minimum Gasteiger partial charge on any atom is -0.298 e. The summed E-state index contributed by atoms with van der Waals surface area (Å²) in [5.41, 5.74) is 1.16. The van der Waals surface area contributed by atoms with Crippen LogP contribution in [0, 0.1) is 11.3 Å². The number of hydrogen-bond acceptors (Lipinski definition) is 3. The molecule has 68 valence electrons. The maximum Gasteiger partial charge on any atom is 0.0952 e. The molecule has 1 N–H and O–H groups in total. The molecular weight excluding hydrogens is 162 g/mol. The minimum atomic E-state index is -0.0480. The van der Waals surface area contributed by atoms with E-state index in [1.54, 1.807) is 12.4 Å². The molecule has 0 bridgehead atoms. The predicted molar refractivity (Wildman–Crippen MR) is 50.8 cm³/mol. The van der Waals surface area contributed by atoms with Crippen molar-refractivity contribution >= 4 is 0 Å². The standard InChI is InChI=1S/C10H13N3/c1-2-10(7-11)13-8-9-3-5-12-6-4-9/h3-6,10,13H,2,8H2,1H3. The molecule has 0 fully saturated rings. The van der Waals surface area contributed by atoms with E-state index in [-0.39, 0.29) is 6.04 Å². The highest BCUT2D eigenvalue weighted by molar-refractivity contribution is 5.09. The summed E-state index contributed by atoms with van der Waals surface area (Å²) in [6, 6.07) is 6.03. The highest BCUT2D eigenvalue weighted by Crippen LogP contribution is 1.97. The first-order chi connectivity index (χ1) is 6.36. The lowest BCUT2D eigenvalue weighted by Crippen LogP contribution is -2.25. The average Bonchev–Trinajstić information content (AvgIpc) is 2.21. The van der Waals surface area contributed by atoms with E-state index >= 15 is 0 Å². The van der Waals surface area contributed by atoms with Gasteiger partial charge in [-0.15, -0.1) is 0 Å². The van der Waals surface area contributed by atoms with Gasteiger partial charge in [-0.3, -0.25) is 10.3 Å². The van der Waals surface area contributed by atoms with E-state index in [1.165, 1.54) is 0 Å². The van der Waals surface area contributed by atoms with Crippen LogP contribution in [-0.4, -0.2) is 11.0 Å². The van der Waals surface area contributed by atoms with Crippen molar-refractivity contribution < 1.29 is 0 Å². The van der Waals surface area contributed by atoms with Crippen molar-refractivity contribution in [2.75, 3.05) is 0 Å². The summed E-state index contributed by atoms with van der Waals surface area (Å²) in [5.74, 6) is 0. The largest absolute Gasteiger partial charge is 0.298 e. The summed E-state index contributed by atoms with van der Waals surface area (Å²) in [6.07, 6.45) is 4.34. The number of hydrogen-bond donors (Lipinski definition) is 1. The quantitative estimate of drug-likeness (QED) is 0.754. The van der Waals surface area contributed by atoms with Gasteiger partial charge in [-0.2, -0.15) is 5.26 Å². The maximum atomic E-state index is 8.68. The molecule has 0 aliphatic heterocycles. The molecule has 0 saturated carbocycles. The van der Waals surface area contributed by atoms with Crippen molar-refractivity contribution in [2.45, 2.75) is 25.9 Å². The molecule has 1 heterocycles. The smallest absolute Gasteiger partial charge is 0.0952 e. The van der Waals surface area contributed by atoms with Crippen LogP contribution in [0.25, 0.3) is 0 Å². The van der Waals surface area contributed by atoms with Gasteiger partial charge < -0.3 is 0 Å². The molecule has 0 amide bonds. The van der Waals surface area contributed by atoms with Crippen molar-refractivity contribution in [1.82, 2.24) is 10.3 Å². The summed E-state index contributed by atoms with van der Waals surface area (Å²) >= 11 is 0. The zero-order chi connectivity index (χ0) is 9.52. The number of nitriles is 1. The molecule has 1 unspecified atom stereocenters. The van der Waals surface area contributed by atoms with E-state index in [9.17, 15) is 0 Å². The predicted octanol–water partition coefficient (Wildman–Crippen LogP) is 1.47. The Morgan fingerprint density at radius 1 is 1.54 bits per heavy atom. The Hall–Kier alpha value is -1.40. The molecule has 1 atom stereocenters. The lowest BCUT2D eigenvalue weighted by atomic mass is 10.2. The molecule has 3 nitrogen and oxygen atoms in total. The number of nitrogens with one attached hydrogen (secondary N) is 1. The molecule has 1 aromatic rings.